The molecule has 4 heteroatoms. The number of rotatable bonds is 4. The SMILES string of the molecule is Cc1ccc(C#CCN)cc1C(=O)N(CCO)C1CC1. The van der Waals surface area contributed by atoms with Crippen LogP contribution in [0.4, 0.5) is 0 Å². The summed E-state index contributed by atoms with van der Waals surface area (Å²) >= 11 is 0. The molecule has 106 valence electrons. The predicted octanol–water partition coefficient (Wildman–Crippen LogP) is 0.902. The van der Waals surface area contributed by atoms with Crippen molar-refractivity contribution in [3.05, 3.63) is 34.9 Å². The summed E-state index contributed by atoms with van der Waals surface area (Å²) in [7, 11) is 0. The second-order valence-corrected chi connectivity index (χ2v) is 4.99. The second-order valence-electron chi connectivity index (χ2n) is 4.99. The first-order valence-electron chi connectivity index (χ1n) is 6.88. The molecule has 0 aliphatic heterocycles. The number of nitrogens with two attached hydrogens (primary N) is 1. The molecule has 0 aromatic heterocycles. The Morgan fingerprint density at radius 3 is 2.85 bits per heavy atom. The predicted molar refractivity (Wildman–Crippen MR) is 78.3 cm³/mol. The fraction of sp³-hybridized carbons (Fsp3) is 0.438. The maximum atomic E-state index is 12.6. The minimum atomic E-state index is -0.0181. The summed E-state index contributed by atoms with van der Waals surface area (Å²) in [6.07, 6.45) is 2.05. The molecule has 1 amide bonds. The summed E-state index contributed by atoms with van der Waals surface area (Å²) < 4.78 is 0. The van der Waals surface area contributed by atoms with Crippen molar-refractivity contribution in [2.45, 2.75) is 25.8 Å². The first-order chi connectivity index (χ1) is 9.67. The number of aliphatic hydroxyl groups excluding tert-OH is 1. The van der Waals surface area contributed by atoms with Gasteiger partial charge in [-0.2, -0.15) is 0 Å². The zero-order valence-corrected chi connectivity index (χ0v) is 11.7. The maximum Gasteiger partial charge on any atom is 0.254 e. The van der Waals surface area contributed by atoms with Gasteiger partial charge in [0.1, 0.15) is 0 Å². The Hall–Kier alpha value is -1.83. The van der Waals surface area contributed by atoms with Crippen LogP contribution in [0.1, 0.15) is 34.3 Å². The molecule has 1 aliphatic rings. The molecule has 0 heterocycles. The van der Waals surface area contributed by atoms with Crippen molar-refractivity contribution in [2.75, 3.05) is 19.7 Å². The number of hydrogen-bond acceptors (Lipinski definition) is 3. The minimum Gasteiger partial charge on any atom is -0.395 e. The van der Waals surface area contributed by atoms with Gasteiger partial charge in [-0.15, -0.1) is 0 Å². The van der Waals surface area contributed by atoms with E-state index >= 15 is 0 Å². The average Bonchev–Trinajstić information content (AvgIpc) is 3.27. The van der Waals surface area contributed by atoms with Crippen molar-refractivity contribution in [3.8, 4) is 11.8 Å². The number of carbonyl (C=O) groups excluding carboxylic acids is 1. The number of amides is 1. The van der Waals surface area contributed by atoms with Crippen LogP contribution in [0.2, 0.25) is 0 Å². The molecule has 2 rings (SSSR count). The standard InChI is InChI=1S/C16H20N2O2/c1-12-4-5-13(3-2-8-17)11-15(12)16(20)18(9-10-19)14-6-7-14/h4-5,11,14,19H,6-10,17H2,1H3. The van der Waals surface area contributed by atoms with E-state index in [1.165, 1.54) is 0 Å². The Morgan fingerprint density at radius 2 is 2.25 bits per heavy atom. The number of hydrogen-bond donors (Lipinski definition) is 2. The molecule has 1 fully saturated rings. The largest absolute Gasteiger partial charge is 0.395 e. The van der Waals surface area contributed by atoms with Crippen LogP contribution in [-0.2, 0) is 0 Å². The second kappa shape index (κ2) is 6.56. The van der Waals surface area contributed by atoms with E-state index in [1.807, 2.05) is 25.1 Å². The van der Waals surface area contributed by atoms with Crippen LogP contribution < -0.4 is 5.73 Å². The minimum absolute atomic E-state index is 0.00599. The van der Waals surface area contributed by atoms with Gasteiger partial charge in [0.15, 0.2) is 0 Å². The number of benzene rings is 1. The average molecular weight is 272 g/mol. The van der Waals surface area contributed by atoms with Gasteiger partial charge in [0.2, 0.25) is 0 Å². The molecule has 0 unspecified atom stereocenters. The van der Waals surface area contributed by atoms with E-state index in [2.05, 4.69) is 11.8 Å². The summed E-state index contributed by atoms with van der Waals surface area (Å²) in [6, 6.07) is 5.89. The van der Waals surface area contributed by atoms with Gasteiger partial charge in [-0.3, -0.25) is 4.79 Å². The van der Waals surface area contributed by atoms with E-state index in [9.17, 15) is 4.79 Å². The molecular weight excluding hydrogens is 252 g/mol. The van der Waals surface area contributed by atoms with Crippen molar-refractivity contribution < 1.29 is 9.90 Å². The van der Waals surface area contributed by atoms with E-state index < -0.39 is 0 Å². The fourth-order valence-electron chi connectivity index (χ4n) is 2.18. The molecule has 1 aromatic rings. The molecule has 1 saturated carbocycles. The molecule has 3 N–H and O–H groups in total. The Morgan fingerprint density at radius 1 is 1.50 bits per heavy atom. The third-order valence-electron chi connectivity index (χ3n) is 3.39. The van der Waals surface area contributed by atoms with Crippen molar-refractivity contribution in [1.29, 1.82) is 0 Å². The Balaban J connectivity index is 2.27. The van der Waals surface area contributed by atoms with Crippen molar-refractivity contribution in [3.63, 3.8) is 0 Å². The topological polar surface area (TPSA) is 66.6 Å². The zero-order valence-electron chi connectivity index (χ0n) is 11.7. The molecule has 0 spiro atoms. The molecule has 1 aromatic carbocycles. The van der Waals surface area contributed by atoms with Crippen molar-refractivity contribution in [2.24, 2.45) is 5.73 Å². The van der Waals surface area contributed by atoms with Gasteiger partial charge in [-0.25, -0.2) is 0 Å². The normalized spacial score (nSPS) is 13.6. The molecule has 1 aliphatic carbocycles. The lowest BCUT2D eigenvalue weighted by Crippen LogP contribution is -2.35. The van der Waals surface area contributed by atoms with E-state index in [1.54, 1.807) is 4.90 Å². The zero-order chi connectivity index (χ0) is 14.5. The van der Waals surface area contributed by atoms with Crippen LogP contribution in [0.3, 0.4) is 0 Å². The number of aliphatic hydroxyl groups is 1. The van der Waals surface area contributed by atoms with Gasteiger partial charge in [-0.05, 0) is 37.5 Å². The summed E-state index contributed by atoms with van der Waals surface area (Å²) in [5.41, 5.74) is 7.75. The summed E-state index contributed by atoms with van der Waals surface area (Å²) in [5, 5.41) is 9.12. The van der Waals surface area contributed by atoms with Gasteiger partial charge < -0.3 is 15.7 Å². The van der Waals surface area contributed by atoms with Crippen LogP contribution in [0.15, 0.2) is 18.2 Å². The van der Waals surface area contributed by atoms with Crippen LogP contribution in [0.5, 0.6) is 0 Å². The monoisotopic (exact) mass is 272 g/mol. The highest BCUT2D eigenvalue weighted by atomic mass is 16.3. The molecule has 0 atom stereocenters. The van der Waals surface area contributed by atoms with E-state index in [0.717, 1.165) is 24.0 Å². The quantitative estimate of drug-likeness (QED) is 0.800. The highest BCUT2D eigenvalue weighted by Gasteiger charge is 2.33. The fourth-order valence-corrected chi connectivity index (χ4v) is 2.18. The Bertz CT molecular complexity index is 553. The third-order valence-corrected chi connectivity index (χ3v) is 3.39. The first-order valence-corrected chi connectivity index (χ1v) is 6.88. The molecule has 0 bridgehead atoms. The number of aryl methyl sites for hydroxylation is 1. The number of nitrogens with zero attached hydrogens (tertiary/aromatic N) is 1. The molecule has 0 saturated heterocycles. The molecule has 0 radical (unpaired) electrons. The Kier molecular flexibility index (Phi) is 4.78. The third kappa shape index (κ3) is 3.38. The van der Waals surface area contributed by atoms with E-state index in [0.29, 0.717) is 18.7 Å². The van der Waals surface area contributed by atoms with Crippen molar-refractivity contribution in [1.82, 2.24) is 4.90 Å². The molecule has 4 nitrogen and oxygen atoms in total. The van der Waals surface area contributed by atoms with Gasteiger partial charge in [0.05, 0.1) is 13.2 Å². The first kappa shape index (κ1) is 14.6. The summed E-state index contributed by atoms with van der Waals surface area (Å²) in [4.78, 5) is 14.4. The molecule has 20 heavy (non-hydrogen) atoms. The number of carbonyl (C=O) groups is 1. The van der Waals surface area contributed by atoms with Crippen LogP contribution in [0.25, 0.3) is 0 Å². The lowest BCUT2D eigenvalue weighted by Gasteiger charge is -2.22. The van der Waals surface area contributed by atoms with Gasteiger partial charge in [0.25, 0.3) is 5.91 Å². The molecular formula is C16H20N2O2. The summed E-state index contributed by atoms with van der Waals surface area (Å²) in [6.45, 7) is 2.60. The van der Waals surface area contributed by atoms with Crippen LogP contribution in [-0.4, -0.2) is 41.7 Å². The van der Waals surface area contributed by atoms with Crippen molar-refractivity contribution >= 4 is 5.91 Å². The van der Waals surface area contributed by atoms with Crippen LogP contribution in [0, 0.1) is 18.8 Å². The lowest BCUT2D eigenvalue weighted by molar-refractivity contribution is 0.0707. The lowest BCUT2D eigenvalue weighted by atomic mass is 10.0. The van der Waals surface area contributed by atoms with Gasteiger partial charge >= 0.3 is 0 Å². The van der Waals surface area contributed by atoms with E-state index in [4.69, 9.17) is 10.8 Å². The maximum absolute atomic E-state index is 12.6. The van der Waals surface area contributed by atoms with Gasteiger partial charge in [-0.1, -0.05) is 17.9 Å². The highest BCUT2D eigenvalue weighted by Crippen LogP contribution is 2.28. The van der Waals surface area contributed by atoms with E-state index in [-0.39, 0.29) is 18.6 Å². The smallest absolute Gasteiger partial charge is 0.254 e. The highest BCUT2D eigenvalue weighted by molar-refractivity contribution is 5.96. The summed E-state index contributed by atoms with van der Waals surface area (Å²) in [5.74, 6) is 5.72. The Labute approximate surface area is 119 Å². The van der Waals surface area contributed by atoms with Crippen LogP contribution >= 0.6 is 0 Å². The van der Waals surface area contributed by atoms with Gasteiger partial charge in [0, 0.05) is 23.7 Å².